The van der Waals surface area contributed by atoms with E-state index in [9.17, 15) is 22.6 Å². The van der Waals surface area contributed by atoms with Crippen molar-refractivity contribution in [3.8, 4) is 5.75 Å². The number of nitrogens with two attached hydrogens (primary N) is 1. The Morgan fingerprint density at radius 2 is 1.74 bits per heavy atom. The number of primary amides is 1. The molecule has 1 aromatic heterocycles. The molecule has 234 valence electrons. The van der Waals surface area contributed by atoms with Gasteiger partial charge in [-0.25, -0.2) is 8.42 Å². The summed E-state index contributed by atoms with van der Waals surface area (Å²) in [5.41, 5.74) is 6.71. The minimum Gasteiger partial charge on any atom is -0.493 e. The van der Waals surface area contributed by atoms with Gasteiger partial charge in [-0.15, -0.1) is 0 Å². The summed E-state index contributed by atoms with van der Waals surface area (Å²) in [7, 11) is -7.27. The number of amides is 2. The minimum absolute atomic E-state index is 0.0343. The highest BCUT2D eigenvalue weighted by atomic mass is 32.2. The van der Waals surface area contributed by atoms with Crippen LogP contribution >= 0.6 is 7.60 Å². The molecule has 1 aliphatic heterocycles. The van der Waals surface area contributed by atoms with Crippen LogP contribution in [0.25, 0.3) is 0 Å². The van der Waals surface area contributed by atoms with Crippen LogP contribution in [0.15, 0.2) is 23.1 Å². The van der Waals surface area contributed by atoms with E-state index in [0.717, 1.165) is 6.42 Å². The number of H-pyrrole nitrogens is 1. The second-order valence-electron chi connectivity index (χ2n) is 9.52. The first-order valence-corrected chi connectivity index (χ1v) is 17.2. The van der Waals surface area contributed by atoms with Gasteiger partial charge in [0.15, 0.2) is 0 Å². The second kappa shape index (κ2) is 15.1. The zero-order valence-corrected chi connectivity index (χ0v) is 26.3. The first-order chi connectivity index (χ1) is 20.0. The smallest absolute Gasteiger partial charge is 0.344 e. The SMILES string of the molecule is CCCc1n[nH]c(C(N)=O)c1CNC(=O)c1cc(S(=O)(=O)N2CCN(CP(=O)(OCC)OCC)CC2)ccc1OCC. The van der Waals surface area contributed by atoms with Crippen molar-refractivity contribution in [3.63, 3.8) is 0 Å². The third-order valence-electron chi connectivity index (χ3n) is 6.60. The number of piperazine rings is 1. The molecule has 0 saturated carbocycles. The molecule has 16 heteroatoms. The monoisotopic (exact) mass is 628 g/mol. The molecule has 0 bridgehead atoms. The average molecular weight is 629 g/mol. The number of aromatic nitrogens is 2. The number of nitrogens with one attached hydrogen (secondary N) is 2. The third-order valence-corrected chi connectivity index (χ3v) is 10.5. The van der Waals surface area contributed by atoms with Crippen molar-refractivity contribution in [2.75, 3.05) is 52.3 Å². The highest BCUT2D eigenvalue weighted by molar-refractivity contribution is 7.89. The quantitative estimate of drug-likeness (QED) is 0.233. The van der Waals surface area contributed by atoms with Gasteiger partial charge in [0.2, 0.25) is 10.0 Å². The molecule has 1 aliphatic rings. The van der Waals surface area contributed by atoms with E-state index in [1.807, 2.05) is 11.8 Å². The van der Waals surface area contributed by atoms with Crippen molar-refractivity contribution >= 4 is 29.4 Å². The fourth-order valence-electron chi connectivity index (χ4n) is 4.65. The lowest BCUT2D eigenvalue weighted by Gasteiger charge is -2.35. The Morgan fingerprint density at radius 3 is 2.31 bits per heavy atom. The number of benzene rings is 1. The number of nitrogens with zero attached hydrogens (tertiary/aromatic N) is 3. The molecule has 1 aromatic carbocycles. The lowest BCUT2D eigenvalue weighted by Crippen LogP contribution is -2.48. The third kappa shape index (κ3) is 8.17. The van der Waals surface area contributed by atoms with Gasteiger partial charge < -0.3 is 24.8 Å². The van der Waals surface area contributed by atoms with Crippen molar-refractivity contribution in [1.29, 1.82) is 0 Å². The van der Waals surface area contributed by atoms with Gasteiger partial charge in [-0.3, -0.25) is 24.2 Å². The Morgan fingerprint density at radius 1 is 1.07 bits per heavy atom. The topological polar surface area (TPSA) is 186 Å². The van der Waals surface area contributed by atoms with Crippen molar-refractivity contribution < 1.29 is 36.4 Å². The predicted octanol–water partition coefficient (Wildman–Crippen LogP) is 2.32. The Labute approximate surface area is 246 Å². The standard InChI is InChI=1S/C26H41N6O8PS/c1-5-9-22-21(24(25(27)33)30-29-22)17-28-26(34)20-16-19(10-11-23(20)38-6-2)42(36,37)32-14-12-31(13-15-32)18-41(35,39-7-3)40-8-4/h10-11,16H,5-9,12-15,17-18H2,1-4H3,(H2,27,33)(H,28,34)(H,29,30). The van der Waals surface area contributed by atoms with E-state index in [1.54, 1.807) is 20.8 Å². The zero-order chi connectivity index (χ0) is 30.9. The van der Waals surface area contributed by atoms with Gasteiger partial charge in [0.1, 0.15) is 17.7 Å². The first kappa shape index (κ1) is 33.7. The molecule has 1 saturated heterocycles. The number of aromatic amines is 1. The van der Waals surface area contributed by atoms with Crippen molar-refractivity contribution in [3.05, 3.63) is 40.7 Å². The van der Waals surface area contributed by atoms with Gasteiger partial charge in [0.05, 0.1) is 36.0 Å². The van der Waals surface area contributed by atoms with E-state index in [-0.39, 0.29) is 67.6 Å². The molecule has 1 fully saturated rings. The molecule has 42 heavy (non-hydrogen) atoms. The molecule has 0 atom stereocenters. The number of aryl methyl sites for hydroxylation is 1. The van der Waals surface area contributed by atoms with Crippen LogP contribution in [0.4, 0.5) is 0 Å². The molecule has 3 rings (SSSR count). The van der Waals surface area contributed by atoms with E-state index in [0.29, 0.717) is 30.8 Å². The summed E-state index contributed by atoms with van der Waals surface area (Å²) in [4.78, 5) is 27.0. The van der Waals surface area contributed by atoms with E-state index in [4.69, 9.17) is 19.5 Å². The highest BCUT2D eigenvalue weighted by Crippen LogP contribution is 2.48. The summed E-state index contributed by atoms with van der Waals surface area (Å²) in [6.07, 6.45) is 1.42. The molecule has 2 amide bonds. The zero-order valence-electron chi connectivity index (χ0n) is 24.6. The molecule has 0 radical (unpaired) electrons. The maximum absolute atomic E-state index is 13.6. The molecular weight excluding hydrogens is 587 g/mol. The summed E-state index contributed by atoms with van der Waals surface area (Å²) in [6.45, 7) is 8.88. The maximum atomic E-state index is 13.6. The van der Waals surface area contributed by atoms with Gasteiger partial charge in [0.25, 0.3) is 11.8 Å². The van der Waals surface area contributed by atoms with E-state index in [2.05, 4.69) is 15.5 Å². The fraction of sp³-hybridized carbons (Fsp3) is 0.577. The number of sulfonamides is 1. The van der Waals surface area contributed by atoms with E-state index < -0.39 is 29.4 Å². The predicted molar refractivity (Wildman–Crippen MR) is 156 cm³/mol. The van der Waals surface area contributed by atoms with Gasteiger partial charge >= 0.3 is 7.60 Å². The molecule has 2 aromatic rings. The Hall–Kier alpha value is -2.81. The summed E-state index contributed by atoms with van der Waals surface area (Å²) in [5.74, 6) is -1.06. The van der Waals surface area contributed by atoms with Crippen LogP contribution in [0.5, 0.6) is 5.75 Å². The lowest BCUT2D eigenvalue weighted by atomic mass is 10.1. The fourth-order valence-corrected chi connectivity index (χ4v) is 7.90. The Kier molecular flexibility index (Phi) is 12.1. The number of rotatable bonds is 16. The molecule has 14 nitrogen and oxygen atoms in total. The van der Waals surface area contributed by atoms with Crippen LogP contribution in [-0.4, -0.2) is 91.9 Å². The lowest BCUT2D eigenvalue weighted by molar-refractivity contribution is 0.0942. The van der Waals surface area contributed by atoms with E-state index in [1.165, 1.54) is 22.5 Å². The molecular formula is C26H41N6O8PS. The molecule has 0 aliphatic carbocycles. The number of carbonyl (C=O) groups is 2. The van der Waals surface area contributed by atoms with Gasteiger partial charge in [-0.1, -0.05) is 13.3 Å². The summed E-state index contributed by atoms with van der Waals surface area (Å²) >= 11 is 0. The Balaban J connectivity index is 1.78. The van der Waals surface area contributed by atoms with Crippen molar-refractivity contribution in [2.24, 2.45) is 5.73 Å². The first-order valence-electron chi connectivity index (χ1n) is 14.0. The van der Waals surface area contributed by atoms with Crippen LogP contribution < -0.4 is 15.8 Å². The summed E-state index contributed by atoms with van der Waals surface area (Å²) < 4.78 is 57.7. The Bertz CT molecular complexity index is 1380. The molecule has 0 unspecified atom stereocenters. The van der Waals surface area contributed by atoms with Crippen molar-refractivity contribution in [1.82, 2.24) is 24.7 Å². The number of ether oxygens (including phenoxy) is 1. The molecule has 4 N–H and O–H groups in total. The largest absolute Gasteiger partial charge is 0.493 e. The summed E-state index contributed by atoms with van der Waals surface area (Å²) in [5, 5.41) is 9.52. The maximum Gasteiger partial charge on any atom is 0.344 e. The number of carbonyl (C=O) groups excluding carboxylic acids is 2. The van der Waals surface area contributed by atoms with Crippen LogP contribution in [0.3, 0.4) is 0 Å². The van der Waals surface area contributed by atoms with Crippen LogP contribution in [0.2, 0.25) is 0 Å². The number of hydrogen-bond donors (Lipinski definition) is 3. The average Bonchev–Trinajstić information content (AvgIpc) is 3.35. The van der Waals surface area contributed by atoms with Crippen LogP contribution in [0.1, 0.15) is 66.2 Å². The summed E-state index contributed by atoms with van der Waals surface area (Å²) in [6, 6.07) is 4.15. The van der Waals surface area contributed by atoms with Crippen LogP contribution in [0, 0.1) is 0 Å². The van der Waals surface area contributed by atoms with E-state index >= 15 is 0 Å². The minimum atomic E-state index is -3.96. The van der Waals surface area contributed by atoms with Crippen molar-refractivity contribution in [2.45, 2.75) is 52.0 Å². The molecule has 0 spiro atoms. The van der Waals surface area contributed by atoms with Gasteiger partial charge in [0, 0.05) is 38.3 Å². The van der Waals surface area contributed by atoms with Gasteiger partial charge in [-0.05, 0) is 45.4 Å². The second-order valence-corrected chi connectivity index (χ2v) is 13.5. The van der Waals surface area contributed by atoms with Crippen LogP contribution in [-0.2, 0) is 36.6 Å². The van der Waals surface area contributed by atoms with Gasteiger partial charge in [-0.2, -0.15) is 9.40 Å². The highest BCUT2D eigenvalue weighted by Gasteiger charge is 2.34. The molecule has 2 heterocycles. The number of hydrogen-bond acceptors (Lipinski definition) is 10. The normalized spacial score (nSPS) is 15.0.